The fourth-order valence-corrected chi connectivity index (χ4v) is 7.18. The van der Waals surface area contributed by atoms with Crippen molar-refractivity contribution in [2.24, 2.45) is 0 Å². The highest BCUT2D eigenvalue weighted by Gasteiger charge is 2.41. The summed E-state index contributed by atoms with van der Waals surface area (Å²) in [6.45, 7) is 6.32. The van der Waals surface area contributed by atoms with E-state index in [0.717, 1.165) is 29.9 Å². The van der Waals surface area contributed by atoms with Crippen molar-refractivity contribution in [2.45, 2.75) is 50.8 Å². The van der Waals surface area contributed by atoms with Crippen molar-refractivity contribution in [1.82, 2.24) is 29.9 Å². The summed E-state index contributed by atoms with van der Waals surface area (Å²) in [6.07, 6.45) is 9.26. The standard InChI is InChI=1S/C36H46N8O2/c1-26-9-5-10-27-11-6-13-31(34(26)27)44-32-23-38-18-16-30(32)35(39-36(44)46-25-29-12-7-20-41(29)4)42-21-22-43(28(24-42)15-17-37)33(45)14-8-19-40(2)3/h5-6,8-11,13-14,16,18,23,28-29,35-36,39H,7,12,15,19-22,24-25H2,1-4H3/b14-8+/t28-,29-,35-,36-/m0/s1. The lowest BCUT2D eigenvalue weighted by atomic mass is 10.00. The molecule has 0 bridgehead atoms. The van der Waals surface area contributed by atoms with Crippen LogP contribution in [0.3, 0.4) is 0 Å². The molecule has 2 saturated heterocycles. The van der Waals surface area contributed by atoms with Gasteiger partial charge in [-0.05, 0) is 70.5 Å². The minimum Gasteiger partial charge on any atom is -0.343 e. The third kappa shape index (κ3) is 6.66. The highest BCUT2D eigenvalue weighted by Crippen LogP contribution is 2.43. The van der Waals surface area contributed by atoms with Crippen LogP contribution in [0.5, 0.6) is 0 Å². The molecular weight excluding hydrogens is 576 g/mol. The molecule has 2 fully saturated rings. The largest absolute Gasteiger partial charge is 0.343 e. The number of hydrogen-bond donors (Lipinski definition) is 1. The molecular formula is C36H46N8O2. The Labute approximate surface area is 272 Å². The number of carbonyl (C=O) groups excluding carboxylic acids is 1. The zero-order valence-electron chi connectivity index (χ0n) is 27.5. The third-order valence-corrected chi connectivity index (χ3v) is 9.61. The van der Waals surface area contributed by atoms with E-state index in [-0.39, 0.29) is 24.5 Å². The molecule has 242 valence electrons. The number of nitriles is 1. The second-order valence-electron chi connectivity index (χ2n) is 13.0. The van der Waals surface area contributed by atoms with E-state index < -0.39 is 6.35 Å². The second-order valence-corrected chi connectivity index (χ2v) is 13.0. The summed E-state index contributed by atoms with van der Waals surface area (Å²) in [5, 5.41) is 16.0. The molecule has 3 aliphatic heterocycles. The van der Waals surface area contributed by atoms with Crippen LogP contribution in [0.4, 0.5) is 11.4 Å². The average molecular weight is 623 g/mol. The van der Waals surface area contributed by atoms with Gasteiger partial charge in [-0.25, -0.2) is 0 Å². The molecule has 6 rings (SSSR count). The smallest absolute Gasteiger partial charge is 0.246 e. The van der Waals surface area contributed by atoms with Gasteiger partial charge in [-0.15, -0.1) is 0 Å². The Morgan fingerprint density at radius 1 is 1.13 bits per heavy atom. The van der Waals surface area contributed by atoms with Gasteiger partial charge in [-0.2, -0.15) is 5.26 Å². The minimum absolute atomic E-state index is 0.0395. The van der Waals surface area contributed by atoms with Crippen molar-refractivity contribution in [2.75, 3.05) is 65.4 Å². The number of nitrogens with zero attached hydrogens (tertiary/aromatic N) is 7. The molecule has 1 N–H and O–H groups in total. The van der Waals surface area contributed by atoms with E-state index in [9.17, 15) is 10.1 Å². The number of pyridine rings is 1. The summed E-state index contributed by atoms with van der Waals surface area (Å²) >= 11 is 0. The lowest BCUT2D eigenvalue weighted by Gasteiger charge is -2.49. The molecule has 2 aromatic carbocycles. The van der Waals surface area contributed by atoms with Crippen LogP contribution in [0.25, 0.3) is 10.8 Å². The minimum atomic E-state index is -0.455. The SMILES string of the molecule is Cc1cccc2cccc(N3c4cnccc4[C@H](N4CCN(C(=O)/C=C/CN(C)C)[C@@H](CC#N)C4)N[C@@H]3OC[C@@H]3CCCN3C)c12. The number of piperazine rings is 1. The molecule has 4 heterocycles. The van der Waals surface area contributed by atoms with E-state index in [0.29, 0.717) is 38.8 Å². The first-order valence-corrected chi connectivity index (χ1v) is 16.4. The van der Waals surface area contributed by atoms with Gasteiger partial charge < -0.3 is 24.3 Å². The molecule has 0 saturated carbocycles. The van der Waals surface area contributed by atoms with E-state index in [4.69, 9.17) is 4.74 Å². The number of hydrogen-bond acceptors (Lipinski definition) is 9. The molecule has 3 aliphatic rings. The number of nitrogens with one attached hydrogen (secondary N) is 1. The quantitative estimate of drug-likeness (QED) is 0.352. The van der Waals surface area contributed by atoms with Gasteiger partial charge in [0.2, 0.25) is 5.91 Å². The number of benzene rings is 2. The van der Waals surface area contributed by atoms with Gasteiger partial charge in [0.25, 0.3) is 0 Å². The normalized spacial score (nSPS) is 24.2. The van der Waals surface area contributed by atoms with Crippen LogP contribution >= 0.6 is 0 Å². The highest BCUT2D eigenvalue weighted by molar-refractivity contribution is 5.99. The maximum absolute atomic E-state index is 13.2. The summed E-state index contributed by atoms with van der Waals surface area (Å²) in [5.41, 5.74) is 4.37. The summed E-state index contributed by atoms with van der Waals surface area (Å²) in [7, 11) is 6.12. The van der Waals surface area contributed by atoms with Crippen molar-refractivity contribution in [3.63, 3.8) is 0 Å². The Kier molecular flexibility index (Phi) is 9.97. The van der Waals surface area contributed by atoms with Gasteiger partial charge in [-0.1, -0.05) is 36.4 Å². The number of ether oxygens (including phenoxy) is 1. The average Bonchev–Trinajstić information content (AvgIpc) is 3.47. The van der Waals surface area contributed by atoms with Gasteiger partial charge in [0.1, 0.15) is 0 Å². The van der Waals surface area contributed by atoms with Crippen LogP contribution in [0.2, 0.25) is 0 Å². The number of aryl methyl sites for hydroxylation is 1. The van der Waals surface area contributed by atoms with Crippen LogP contribution in [0.1, 0.15) is 36.6 Å². The van der Waals surface area contributed by atoms with E-state index in [1.807, 2.05) is 42.4 Å². The Hall–Kier alpha value is -3.85. The Morgan fingerprint density at radius 2 is 1.96 bits per heavy atom. The number of anilines is 2. The first kappa shape index (κ1) is 32.1. The summed E-state index contributed by atoms with van der Waals surface area (Å²) in [4.78, 5) is 28.7. The van der Waals surface area contributed by atoms with Crippen molar-refractivity contribution in [1.29, 1.82) is 5.26 Å². The summed E-state index contributed by atoms with van der Waals surface area (Å²) in [5.74, 6) is -0.0395. The molecule has 4 atom stereocenters. The molecule has 0 aliphatic carbocycles. The molecule has 0 unspecified atom stereocenters. The van der Waals surface area contributed by atoms with Crippen molar-refractivity contribution in [3.8, 4) is 6.07 Å². The topological polar surface area (TPSA) is 91.2 Å². The number of likely N-dealkylation sites (tertiary alicyclic amines) is 1. The van der Waals surface area contributed by atoms with E-state index >= 15 is 0 Å². The van der Waals surface area contributed by atoms with Gasteiger partial charge >= 0.3 is 0 Å². The van der Waals surface area contributed by atoms with Crippen molar-refractivity contribution < 1.29 is 9.53 Å². The number of carbonyl (C=O) groups is 1. The molecule has 0 radical (unpaired) electrons. The van der Waals surface area contributed by atoms with Crippen molar-refractivity contribution >= 4 is 28.1 Å². The molecule has 46 heavy (non-hydrogen) atoms. The van der Waals surface area contributed by atoms with Crippen LogP contribution in [0, 0.1) is 18.3 Å². The number of fused-ring (bicyclic) bond motifs is 2. The van der Waals surface area contributed by atoms with Gasteiger partial charge in [0, 0.05) is 55.4 Å². The highest BCUT2D eigenvalue weighted by atomic mass is 16.5. The lowest BCUT2D eigenvalue weighted by Crippen LogP contribution is -2.61. The Bertz CT molecular complexity index is 1600. The molecule has 1 amide bonds. The van der Waals surface area contributed by atoms with Crippen LogP contribution in [-0.2, 0) is 9.53 Å². The monoisotopic (exact) mass is 622 g/mol. The fraction of sp³-hybridized carbons (Fsp3) is 0.472. The first-order chi connectivity index (χ1) is 22.4. The lowest BCUT2D eigenvalue weighted by molar-refractivity contribution is -0.132. The second kappa shape index (κ2) is 14.3. The third-order valence-electron chi connectivity index (χ3n) is 9.61. The summed E-state index contributed by atoms with van der Waals surface area (Å²) < 4.78 is 6.86. The number of rotatable bonds is 9. The van der Waals surface area contributed by atoms with E-state index in [1.54, 1.807) is 6.08 Å². The zero-order chi connectivity index (χ0) is 32.2. The van der Waals surface area contributed by atoms with Gasteiger partial charge in [0.15, 0.2) is 6.35 Å². The number of likely N-dealkylation sites (N-methyl/N-ethyl adjacent to an activating group) is 2. The first-order valence-electron chi connectivity index (χ1n) is 16.4. The summed E-state index contributed by atoms with van der Waals surface area (Å²) in [6, 6.07) is 17.4. The predicted octanol–water partition coefficient (Wildman–Crippen LogP) is 4.22. The van der Waals surface area contributed by atoms with Crippen LogP contribution in [0.15, 0.2) is 67.0 Å². The van der Waals surface area contributed by atoms with Crippen molar-refractivity contribution in [3.05, 3.63) is 78.1 Å². The van der Waals surface area contributed by atoms with E-state index in [1.165, 1.54) is 22.8 Å². The zero-order valence-corrected chi connectivity index (χ0v) is 27.5. The van der Waals surface area contributed by atoms with Gasteiger partial charge in [0.05, 0.1) is 48.9 Å². The van der Waals surface area contributed by atoms with Gasteiger partial charge in [-0.3, -0.25) is 20.0 Å². The molecule has 10 heteroatoms. The van der Waals surface area contributed by atoms with Crippen LogP contribution in [-0.4, -0.2) is 109 Å². The molecule has 3 aromatic rings. The number of amides is 1. The fourth-order valence-electron chi connectivity index (χ4n) is 7.18. The predicted molar refractivity (Wildman–Crippen MR) is 181 cm³/mol. The number of aromatic nitrogens is 1. The maximum Gasteiger partial charge on any atom is 0.246 e. The molecule has 1 aromatic heterocycles. The molecule has 10 nitrogen and oxygen atoms in total. The Morgan fingerprint density at radius 3 is 2.72 bits per heavy atom. The Balaban J connectivity index is 1.34. The molecule has 0 spiro atoms. The van der Waals surface area contributed by atoms with E-state index in [2.05, 4.69) is 87.5 Å². The maximum atomic E-state index is 13.2. The van der Waals surface area contributed by atoms with Crippen LogP contribution < -0.4 is 10.2 Å².